The van der Waals surface area contributed by atoms with Crippen molar-refractivity contribution in [2.75, 3.05) is 9.80 Å². The Morgan fingerprint density at radius 1 is 0.191 bits per heavy atom. The smallest absolute Gasteiger partial charge is 0.200 e. The lowest BCUT2D eigenvalue weighted by molar-refractivity contribution is 0.379. The third-order valence-corrected chi connectivity index (χ3v) is 10.5. The minimum absolute atomic E-state index is 0.182. The molecule has 346 valence electrons. The number of benzene rings is 8. The van der Waals surface area contributed by atoms with E-state index < -0.39 is 138 Å². The highest BCUT2D eigenvalue weighted by Crippen LogP contribution is 2.47. The molecule has 0 aromatic heterocycles. The molecule has 2 nitrogen and oxygen atoms in total. The van der Waals surface area contributed by atoms with Crippen LogP contribution in [0.15, 0.2) is 109 Å². The van der Waals surface area contributed by atoms with Crippen LogP contribution in [0.1, 0.15) is 0 Å². The Balaban J connectivity index is 1.20. The first-order chi connectivity index (χ1) is 32.3. The van der Waals surface area contributed by atoms with E-state index in [1.807, 2.05) is 0 Å². The zero-order valence-corrected chi connectivity index (χ0v) is 33.1. The summed E-state index contributed by atoms with van der Waals surface area (Å²) in [5, 5.41) is 0. The van der Waals surface area contributed by atoms with Crippen molar-refractivity contribution in [3.05, 3.63) is 214 Å². The number of rotatable bonds is 9. The Labute approximate surface area is 369 Å². The molecule has 0 spiro atoms. The third kappa shape index (κ3) is 7.39. The number of anilines is 6. The highest BCUT2D eigenvalue weighted by atomic mass is 19.2. The van der Waals surface area contributed by atoms with Crippen LogP contribution in [-0.4, -0.2) is 0 Å². The third-order valence-electron chi connectivity index (χ3n) is 10.5. The molecule has 0 fully saturated rings. The Morgan fingerprint density at radius 3 is 0.618 bits per heavy atom. The highest BCUT2D eigenvalue weighted by molar-refractivity contribution is 5.84. The Morgan fingerprint density at radius 2 is 0.382 bits per heavy atom. The average Bonchev–Trinajstić information content (AvgIpc) is 3.35. The predicted octanol–water partition coefficient (Wildman–Crippen LogP) is 16.1. The van der Waals surface area contributed by atoms with E-state index in [4.69, 9.17) is 0 Å². The van der Waals surface area contributed by atoms with Crippen LogP contribution < -0.4 is 9.80 Å². The van der Waals surface area contributed by atoms with Crippen LogP contribution in [0, 0.1) is 105 Å². The Hall–Kier alpha value is -7.90. The Bertz CT molecular complexity index is 2970. The number of para-hydroxylation sites is 2. The van der Waals surface area contributed by atoms with Gasteiger partial charge in [-0.25, -0.2) is 79.0 Å². The van der Waals surface area contributed by atoms with Crippen LogP contribution in [0.25, 0.3) is 33.4 Å². The molecule has 0 radical (unpaired) electrons. The van der Waals surface area contributed by atoms with Crippen molar-refractivity contribution in [1.29, 1.82) is 0 Å². The average molecular weight is 965 g/mol. The van der Waals surface area contributed by atoms with E-state index in [-0.39, 0.29) is 33.9 Å². The monoisotopic (exact) mass is 964 g/mol. The summed E-state index contributed by atoms with van der Waals surface area (Å²) in [5.41, 5.74) is -12.5. The normalized spacial score (nSPS) is 11.4. The van der Waals surface area contributed by atoms with Crippen molar-refractivity contribution in [3.63, 3.8) is 0 Å². The van der Waals surface area contributed by atoms with Crippen molar-refractivity contribution in [2.45, 2.75) is 0 Å². The molecule has 20 heteroatoms. The van der Waals surface area contributed by atoms with Gasteiger partial charge in [0.2, 0.25) is 11.6 Å². The molecule has 0 atom stereocenters. The summed E-state index contributed by atoms with van der Waals surface area (Å²) in [7, 11) is 0. The highest BCUT2D eigenvalue weighted by Gasteiger charge is 2.38. The molecule has 0 aliphatic carbocycles. The molecule has 68 heavy (non-hydrogen) atoms. The van der Waals surface area contributed by atoms with Crippen molar-refractivity contribution < 1.29 is 79.0 Å². The van der Waals surface area contributed by atoms with E-state index in [1.165, 1.54) is 84.9 Å². The number of nitrogens with zero attached hydrogens (tertiary/aromatic N) is 2. The fourth-order valence-electron chi connectivity index (χ4n) is 7.30. The van der Waals surface area contributed by atoms with E-state index in [0.29, 0.717) is 9.80 Å². The van der Waals surface area contributed by atoms with Gasteiger partial charge in [0.25, 0.3) is 0 Å². The van der Waals surface area contributed by atoms with Gasteiger partial charge in [0, 0.05) is 22.7 Å². The van der Waals surface area contributed by atoms with E-state index in [1.54, 1.807) is 0 Å². The summed E-state index contributed by atoms with van der Waals surface area (Å²) in [6, 6.07) is 22.8. The van der Waals surface area contributed by atoms with Crippen LogP contribution in [-0.2, 0) is 0 Å². The van der Waals surface area contributed by atoms with Gasteiger partial charge in [-0.15, -0.1) is 0 Å². The largest absolute Gasteiger partial charge is 0.305 e. The second kappa shape index (κ2) is 17.7. The minimum atomic E-state index is -2.74. The summed E-state index contributed by atoms with van der Waals surface area (Å²) in [6.07, 6.45) is 0. The van der Waals surface area contributed by atoms with Gasteiger partial charge < -0.3 is 9.80 Å². The molecule has 8 aromatic rings. The Kier molecular flexibility index (Phi) is 12.2. The summed E-state index contributed by atoms with van der Waals surface area (Å²) in [5.74, 6) is -46.6. The molecule has 0 unspecified atom stereocenters. The topological polar surface area (TPSA) is 6.48 Å². The van der Waals surface area contributed by atoms with Crippen LogP contribution in [0.3, 0.4) is 0 Å². The SMILES string of the molecule is Fc1c(F)c(F)c(-c2c(F)c(F)c(N(c3ccccc3)c3ccc(-c4ccc(N(c5ccccc5)c5c(F)c(F)c(-c6c(F)c(F)c(F)c(F)c6F)c(F)c5F)cc4)cc3)c(F)c2F)c(F)c1F. The lowest BCUT2D eigenvalue weighted by atomic mass is 9.99. The van der Waals surface area contributed by atoms with Crippen LogP contribution in [0.5, 0.6) is 0 Å². The van der Waals surface area contributed by atoms with E-state index in [9.17, 15) is 43.9 Å². The standard InChI is InChI=1S/C48H18F18N2/c49-29-25(30(50)38(58)41(61)37(29)57)27-33(53)43(63)47(44(64)34(27)54)67(21-7-3-1-4-8-21)23-15-11-19(12-16-23)20-13-17-24(18-14-20)68(22-9-5-2-6-10-22)48-45(65)35(55)28(36(56)46(48)66)26-31(51)39(59)42(62)40(60)32(26)52/h1-18H. The van der Waals surface area contributed by atoms with Crippen LogP contribution >= 0.6 is 0 Å². The van der Waals surface area contributed by atoms with Gasteiger partial charge in [-0.1, -0.05) is 60.7 Å². The zero-order chi connectivity index (χ0) is 49.2. The summed E-state index contributed by atoms with van der Waals surface area (Å²) >= 11 is 0. The summed E-state index contributed by atoms with van der Waals surface area (Å²) < 4.78 is 269. The second-order valence-electron chi connectivity index (χ2n) is 14.3. The quantitative estimate of drug-likeness (QED) is 0.0808. The predicted molar refractivity (Wildman–Crippen MR) is 211 cm³/mol. The van der Waals surface area contributed by atoms with Gasteiger partial charge in [0.1, 0.15) is 11.4 Å². The van der Waals surface area contributed by atoms with E-state index >= 15 is 35.1 Å². The van der Waals surface area contributed by atoms with Gasteiger partial charge in [0.15, 0.2) is 93.1 Å². The minimum Gasteiger partial charge on any atom is -0.305 e. The van der Waals surface area contributed by atoms with Crippen molar-refractivity contribution in [3.8, 4) is 33.4 Å². The van der Waals surface area contributed by atoms with Gasteiger partial charge in [-0.3, -0.25) is 0 Å². The second-order valence-corrected chi connectivity index (χ2v) is 14.3. The number of hydrogen-bond acceptors (Lipinski definition) is 2. The lowest BCUT2D eigenvalue weighted by Gasteiger charge is -2.28. The maximum absolute atomic E-state index is 16.0. The van der Waals surface area contributed by atoms with Gasteiger partial charge in [0.05, 0.1) is 22.3 Å². The molecule has 0 aliphatic rings. The molecular formula is C48H18F18N2. The van der Waals surface area contributed by atoms with Gasteiger partial charge in [-0.2, -0.15) is 0 Å². The molecule has 0 heterocycles. The van der Waals surface area contributed by atoms with Gasteiger partial charge in [-0.05, 0) is 59.7 Å². The first-order valence-corrected chi connectivity index (χ1v) is 19.0. The molecule has 0 saturated carbocycles. The molecule has 8 rings (SSSR count). The zero-order valence-electron chi connectivity index (χ0n) is 33.1. The van der Waals surface area contributed by atoms with Gasteiger partial charge >= 0.3 is 0 Å². The number of hydrogen-bond donors (Lipinski definition) is 0. The fraction of sp³-hybridized carbons (Fsp3) is 0. The van der Waals surface area contributed by atoms with Crippen LogP contribution in [0.4, 0.5) is 113 Å². The molecule has 0 amide bonds. The maximum atomic E-state index is 16.0. The maximum Gasteiger partial charge on any atom is 0.200 e. The molecule has 0 aliphatic heterocycles. The molecule has 0 N–H and O–H groups in total. The molecular weight excluding hydrogens is 947 g/mol. The molecule has 0 saturated heterocycles. The van der Waals surface area contributed by atoms with Crippen molar-refractivity contribution in [1.82, 2.24) is 0 Å². The fourth-order valence-corrected chi connectivity index (χ4v) is 7.30. The van der Waals surface area contributed by atoms with Crippen molar-refractivity contribution >= 4 is 34.1 Å². The lowest BCUT2D eigenvalue weighted by Crippen LogP contribution is -2.17. The first-order valence-electron chi connectivity index (χ1n) is 19.0. The van der Waals surface area contributed by atoms with Crippen molar-refractivity contribution in [2.24, 2.45) is 0 Å². The van der Waals surface area contributed by atoms with Crippen LogP contribution in [0.2, 0.25) is 0 Å². The first kappa shape index (κ1) is 46.6. The van der Waals surface area contributed by atoms with E-state index in [0.717, 1.165) is 24.3 Å². The summed E-state index contributed by atoms with van der Waals surface area (Å²) in [6.45, 7) is 0. The molecule has 0 bridgehead atoms. The molecule has 8 aromatic carbocycles. The number of halogens is 18. The summed E-state index contributed by atoms with van der Waals surface area (Å²) in [4.78, 5) is 1.23. The van der Waals surface area contributed by atoms with E-state index in [2.05, 4.69) is 0 Å².